The Morgan fingerprint density at radius 2 is 1.92 bits per heavy atom. The number of Topliss-reactive ketones (excluding diaryl/α,β-unsaturated/α-hetero) is 1. The van der Waals surface area contributed by atoms with Crippen LogP contribution < -0.4 is 10.1 Å². The van der Waals surface area contributed by atoms with Crippen molar-refractivity contribution in [3.8, 4) is 5.75 Å². The van der Waals surface area contributed by atoms with Gasteiger partial charge in [-0.25, -0.2) is 0 Å². The van der Waals surface area contributed by atoms with Crippen LogP contribution in [-0.4, -0.2) is 18.3 Å². The third kappa shape index (κ3) is 2.90. The van der Waals surface area contributed by atoms with Crippen molar-refractivity contribution in [1.82, 2.24) is 5.32 Å². The zero-order valence-electron chi connectivity index (χ0n) is 15.0. The van der Waals surface area contributed by atoms with Crippen LogP contribution in [0.15, 0.2) is 42.5 Å². The fourth-order valence-corrected chi connectivity index (χ4v) is 4.08. The number of aryl methyl sites for hydroxylation is 1. The van der Waals surface area contributed by atoms with Gasteiger partial charge in [-0.3, -0.25) is 9.59 Å². The first-order chi connectivity index (χ1) is 12.7. The Balaban J connectivity index is 1.59. The summed E-state index contributed by atoms with van der Waals surface area (Å²) in [5.41, 5.74) is 3.79. The summed E-state index contributed by atoms with van der Waals surface area (Å²) in [5, 5.41) is 3.22. The topological polar surface area (TPSA) is 55.4 Å². The third-order valence-corrected chi connectivity index (χ3v) is 5.47. The first-order valence-electron chi connectivity index (χ1n) is 9.36. The number of benzene rings is 2. The van der Waals surface area contributed by atoms with E-state index in [9.17, 15) is 9.59 Å². The normalized spacial score (nSPS) is 21.3. The van der Waals surface area contributed by atoms with Crippen LogP contribution in [0.25, 0.3) is 0 Å². The van der Waals surface area contributed by atoms with Crippen molar-refractivity contribution in [2.45, 2.75) is 44.6 Å². The second-order valence-corrected chi connectivity index (χ2v) is 6.99. The molecule has 0 fully saturated rings. The standard InChI is InChI=1S/C22H23NO3/c1-2-14-6-5-9-18-19(12-13-26-21(14)18)23-22(25)17-10-11-20(24)16-8-4-3-7-15(16)17/h3-9,17,19H,2,10-13H2,1H3,(H,23,25). The van der Waals surface area contributed by atoms with Gasteiger partial charge in [0, 0.05) is 24.0 Å². The molecule has 2 aromatic carbocycles. The predicted molar refractivity (Wildman–Crippen MR) is 99.6 cm³/mol. The van der Waals surface area contributed by atoms with Gasteiger partial charge in [0.1, 0.15) is 5.75 Å². The minimum Gasteiger partial charge on any atom is -0.493 e. The van der Waals surface area contributed by atoms with Gasteiger partial charge in [0.05, 0.1) is 18.6 Å². The Morgan fingerprint density at radius 1 is 1.12 bits per heavy atom. The molecule has 4 nitrogen and oxygen atoms in total. The lowest BCUT2D eigenvalue weighted by atomic mass is 9.81. The van der Waals surface area contributed by atoms with Gasteiger partial charge in [-0.1, -0.05) is 49.4 Å². The number of hydrogen-bond acceptors (Lipinski definition) is 3. The fraction of sp³-hybridized carbons (Fsp3) is 0.364. The van der Waals surface area contributed by atoms with E-state index in [0.717, 1.165) is 29.7 Å². The highest BCUT2D eigenvalue weighted by Crippen LogP contribution is 2.37. The summed E-state index contributed by atoms with van der Waals surface area (Å²) < 4.78 is 5.88. The number of amides is 1. The zero-order chi connectivity index (χ0) is 18.1. The molecule has 2 aromatic rings. The third-order valence-electron chi connectivity index (χ3n) is 5.47. The van der Waals surface area contributed by atoms with Crippen molar-refractivity contribution in [3.05, 3.63) is 64.7 Å². The lowest BCUT2D eigenvalue weighted by molar-refractivity contribution is -0.123. The number of ketones is 1. The van der Waals surface area contributed by atoms with Gasteiger partial charge < -0.3 is 10.1 Å². The number of fused-ring (bicyclic) bond motifs is 2. The summed E-state index contributed by atoms with van der Waals surface area (Å²) in [5.74, 6) is 0.800. The zero-order valence-corrected chi connectivity index (χ0v) is 15.0. The molecule has 1 heterocycles. The van der Waals surface area contributed by atoms with Gasteiger partial charge in [0.15, 0.2) is 5.78 Å². The van der Waals surface area contributed by atoms with Crippen molar-refractivity contribution >= 4 is 11.7 Å². The van der Waals surface area contributed by atoms with E-state index in [1.54, 1.807) is 0 Å². The maximum atomic E-state index is 13.0. The van der Waals surface area contributed by atoms with Crippen LogP contribution in [0, 0.1) is 0 Å². The molecule has 4 heteroatoms. The van der Waals surface area contributed by atoms with E-state index in [2.05, 4.69) is 18.3 Å². The first kappa shape index (κ1) is 16.8. The van der Waals surface area contributed by atoms with Crippen LogP contribution in [0.1, 0.15) is 65.2 Å². The van der Waals surface area contributed by atoms with Crippen LogP contribution in [0.2, 0.25) is 0 Å². The van der Waals surface area contributed by atoms with Crippen molar-refractivity contribution < 1.29 is 14.3 Å². The molecule has 1 N–H and O–H groups in total. The number of rotatable bonds is 3. The van der Waals surface area contributed by atoms with Crippen LogP contribution in [0.4, 0.5) is 0 Å². The second kappa shape index (κ2) is 6.94. The van der Waals surface area contributed by atoms with Gasteiger partial charge in [-0.15, -0.1) is 0 Å². The smallest absolute Gasteiger partial charge is 0.228 e. The summed E-state index contributed by atoms with van der Waals surface area (Å²) in [6, 6.07) is 13.6. The molecule has 0 spiro atoms. The molecule has 1 aliphatic heterocycles. The van der Waals surface area contributed by atoms with Gasteiger partial charge in [0.25, 0.3) is 0 Å². The molecule has 2 unspecified atom stereocenters. The summed E-state index contributed by atoms with van der Waals surface area (Å²) in [7, 11) is 0. The summed E-state index contributed by atoms with van der Waals surface area (Å²) in [4.78, 5) is 25.2. The molecule has 0 saturated heterocycles. The number of carbonyl (C=O) groups excluding carboxylic acids is 2. The fourth-order valence-electron chi connectivity index (χ4n) is 4.08. The van der Waals surface area contributed by atoms with E-state index >= 15 is 0 Å². The van der Waals surface area contributed by atoms with Gasteiger partial charge in [-0.05, 0) is 24.0 Å². The monoisotopic (exact) mass is 349 g/mol. The van der Waals surface area contributed by atoms with Crippen molar-refractivity contribution in [1.29, 1.82) is 0 Å². The Kier molecular flexibility index (Phi) is 4.49. The number of ether oxygens (including phenoxy) is 1. The molecule has 0 aromatic heterocycles. The molecule has 1 amide bonds. The van der Waals surface area contributed by atoms with Crippen LogP contribution in [0.5, 0.6) is 5.75 Å². The van der Waals surface area contributed by atoms with E-state index < -0.39 is 0 Å². The minimum atomic E-state index is -0.260. The molecule has 26 heavy (non-hydrogen) atoms. The van der Waals surface area contributed by atoms with E-state index in [-0.39, 0.29) is 23.7 Å². The lowest BCUT2D eigenvalue weighted by Crippen LogP contribution is -2.37. The number of para-hydroxylation sites is 1. The Bertz CT molecular complexity index is 858. The molecule has 2 aliphatic rings. The van der Waals surface area contributed by atoms with E-state index in [0.29, 0.717) is 25.0 Å². The molecular weight excluding hydrogens is 326 g/mol. The highest BCUT2D eigenvalue weighted by Gasteiger charge is 2.32. The largest absolute Gasteiger partial charge is 0.493 e. The van der Waals surface area contributed by atoms with Gasteiger partial charge >= 0.3 is 0 Å². The molecule has 0 bridgehead atoms. The Morgan fingerprint density at radius 3 is 2.77 bits per heavy atom. The average Bonchev–Trinajstić information content (AvgIpc) is 2.68. The highest BCUT2D eigenvalue weighted by atomic mass is 16.5. The van der Waals surface area contributed by atoms with Crippen LogP contribution in [0.3, 0.4) is 0 Å². The van der Waals surface area contributed by atoms with Crippen molar-refractivity contribution in [2.24, 2.45) is 0 Å². The Labute approximate surface area is 153 Å². The summed E-state index contributed by atoms with van der Waals surface area (Å²) in [6.07, 6.45) is 2.67. The molecule has 134 valence electrons. The van der Waals surface area contributed by atoms with Crippen molar-refractivity contribution in [2.75, 3.05) is 6.61 Å². The highest BCUT2D eigenvalue weighted by molar-refractivity contribution is 6.01. The Hall–Kier alpha value is -2.62. The van der Waals surface area contributed by atoms with Crippen molar-refractivity contribution in [3.63, 3.8) is 0 Å². The molecular formula is C22H23NO3. The second-order valence-electron chi connectivity index (χ2n) is 6.99. The maximum Gasteiger partial charge on any atom is 0.228 e. The summed E-state index contributed by atoms with van der Waals surface area (Å²) >= 11 is 0. The molecule has 4 rings (SSSR count). The predicted octanol–water partition coefficient (Wildman–Crippen LogP) is 3.95. The van der Waals surface area contributed by atoms with Crippen LogP contribution >= 0.6 is 0 Å². The number of carbonyl (C=O) groups is 2. The molecule has 2 atom stereocenters. The van der Waals surface area contributed by atoms with E-state index in [1.807, 2.05) is 36.4 Å². The molecule has 0 saturated carbocycles. The maximum absolute atomic E-state index is 13.0. The first-order valence-corrected chi connectivity index (χ1v) is 9.36. The SMILES string of the molecule is CCc1cccc2c1OCCC2NC(=O)C1CCC(=O)c2ccccc21. The quantitative estimate of drug-likeness (QED) is 0.913. The minimum absolute atomic E-state index is 0.00435. The average molecular weight is 349 g/mol. The summed E-state index contributed by atoms with van der Waals surface area (Å²) in [6.45, 7) is 2.71. The number of nitrogens with one attached hydrogen (secondary N) is 1. The van der Waals surface area contributed by atoms with Gasteiger partial charge in [0.2, 0.25) is 5.91 Å². The molecule has 1 aliphatic carbocycles. The van der Waals surface area contributed by atoms with E-state index in [1.165, 1.54) is 5.56 Å². The lowest BCUT2D eigenvalue weighted by Gasteiger charge is -2.31. The van der Waals surface area contributed by atoms with Gasteiger partial charge in [-0.2, -0.15) is 0 Å². The van der Waals surface area contributed by atoms with Crippen LogP contribution in [-0.2, 0) is 11.2 Å². The number of hydrogen-bond donors (Lipinski definition) is 1. The molecule has 0 radical (unpaired) electrons. The van der Waals surface area contributed by atoms with E-state index in [4.69, 9.17) is 4.74 Å².